The lowest BCUT2D eigenvalue weighted by molar-refractivity contribution is 0.0712. The molecular formula is C20H22N4O4S. The Kier molecular flexibility index (Phi) is 4.89. The number of nitrogens with one attached hydrogen (secondary N) is 1. The highest BCUT2D eigenvalue weighted by molar-refractivity contribution is 7.89. The van der Waals surface area contributed by atoms with Gasteiger partial charge < -0.3 is 15.4 Å². The summed E-state index contributed by atoms with van der Waals surface area (Å²) in [6.45, 7) is 3.71. The van der Waals surface area contributed by atoms with E-state index in [1.54, 1.807) is 30.5 Å². The quantitative estimate of drug-likeness (QED) is 0.584. The highest BCUT2D eigenvalue weighted by Gasteiger charge is 2.31. The van der Waals surface area contributed by atoms with E-state index in [0.717, 1.165) is 22.4 Å². The molecule has 1 aliphatic rings. The Morgan fingerprint density at radius 1 is 1.17 bits per heavy atom. The second-order valence-electron chi connectivity index (χ2n) is 7.41. The van der Waals surface area contributed by atoms with E-state index < -0.39 is 16.1 Å². The van der Waals surface area contributed by atoms with Crippen LogP contribution in [-0.2, 0) is 10.0 Å². The number of aliphatic hydroxyl groups is 1. The van der Waals surface area contributed by atoms with Gasteiger partial charge in [-0.2, -0.15) is 0 Å². The number of hydrogen-bond acceptors (Lipinski definition) is 7. The maximum absolute atomic E-state index is 12.7. The second-order valence-corrected chi connectivity index (χ2v) is 9.12. The van der Waals surface area contributed by atoms with Gasteiger partial charge in [0.2, 0.25) is 10.0 Å². The number of anilines is 1. The Hall–Kier alpha value is -2.75. The van der Waals surface area contributed by atoms with Gasteiger partial charge in [-0.05, 0) is 56.0 Å². The number of aryl methyl sites for hydroxylation is 2. The summed E-state index contributed by atoms with van der Waals surface area (Å²) in [5, 5.41) is 13.3. The third kappa shape index (κ3) is 3.89. The van der Waals surface area contributed by atoms with Crippen LogP contribution in [0.1, 0.15) is 24.1 Å². The monoisotopic (exact) mass is 414 g/mol. The molecule has 0 spiro atoms. The minimum atomic E-state index is -3.69. The van der Waals surface area contributed by atoms with Gasteiger partial charge in [-0.15, -0.1) is 0 Å². The van der Waals surface area contributed by atoms with Crippen LogP contribution >= 0.6 is 0 Å². The van der Waals surface area contributed by atoms with Gasteiger partial charge in [0, 0.05) is 23.9 Å². The fraction of sp³-hybridized carbons (Fsp3) is 0.300. The molecule has 4 rings (SSSR count). The first-order chi connectivity index (χ1) is 13.7. The van der Waals surface area contributed by atoms with Crippen LogP contribution in [0.15, 0.2) is 45.9 Å². The third-order valence-electron chi connectivity index (χ3n) is 5.08. The van der Waals surface area contributed by atoms with Crippen molar-refractivity contribution in [3.05, 3.63) is 47.8 Å². The van der Waals surface area contributed by atoms with Gasteiger partial charge in [0.1, 0.15) is 5.82 Å². The van der Waals surface area contributed by atoms with E-state index in [0.29, 0.717) is 30.0 Å². The normalized spacial score (nSPS) is 19.1. The molecule has 8 nitrogen and oxygen atoms in total. The molecule has 1 saturated carbocycles. The Morgan fingerprint density at radius 2 is 1.93 bits per heavy atom. The van der Waals surface area contributed by atoms with E-state index in [1.165, 1.54) is 0 Å². The molecule has 0 saturated heterocycles. The van der Waals surface area contributed by atoms with Crippen molar-refractivity contribution in [1.82, 2.24) is 14.9 Å². The largest absolute Gasteiger partial charge is 0.393 e. The lowest BCUT2D eigenvalue weighted by atomic mass is 9.91. The summed E-state index contributed by atoms with van der Waals surface area (Å²) in [7, 11) is -3.69. The number of aliphatic hydroxyl groups excluding tert-OH is 1. The van der Waals surface area contributed by atoms with Crippen LogP contribution < -0.4 is 10.5 Å². The summed E-state index contributed by atoms with van der Waals surface area (Å²) in [5.74, 6) is 0.803. The van der Waals surface area contributed by atoms with Crippen molar-refractivity contribution in [2.45, 2.75) is 43.7 Å². The van der Waals surface area contributed by atoms with Crippen LogP contribution in [0.4, 0.5) is 5.82 Å². The van der Waals surface area contributed by atoms with Crippen LogP contribution in [0.5, 0.6) is 0 Å². The first-order valence-electron chi connectivity index (χ1n) is 9.23. The molecule has 4 N–H and O–H groups in total. The average molecular weight is 414 g/mol. The Morgan fingerprint density at radius 3 is 2.59 bits per heavy atom. The second kappa shape index (κ2) is 7.25. The summed E-state index contributed by atoms with van der Waals surface area (Å²) in [4.78, 5) is 4.41. The zero-order valence-electron chi connectivity index (χ0n) is 16.1. The number of sulfonamides is 1. The predicted octanol–water partition coefficient (Wildman–Crippen LogP) is 2.40. The number of benzene rings is 1. The van der Waals surface area contributed by atoms with Gasteiger partial charge in [-0.3, -0.25) is 0 Å². The third-order valence-corrected chi connectivity index (χ3v) is 6.60. The Labute approximate surface area is 168 Å². The molecule has 152 valence electrons. The van der Waals surface area contributed by atoms with Crippen LogP contribution in [-0.4, -0.2) is 35.8 Å². The maximum atomic E-state index is 12.7. The van der Waals surface area contributed by atoms with Crippen molar-refractivity contribution in [1.29, 1.82) is 0 Å². The fourth-order valence-electron chi connectivity index (χ4n) is 3.36. The zero-order chi connectivity index (χ0) is 20.8. The van der Waals surface area contributed by atoms with Gasteiger partial charge >= 0.3 is 0 Å². The molecule has 29 heavy (non-hydrogen) atoms. The molecule has 0 radical (unpaired) electrons. The van der Waals surface area contributed by atoms with Gasteiger partial charge in [0.05, 0.1) is 22.3 Å². The van der Waals surface area contributed by atoms with E-state index in [1.807, 2.05) is 19.9 Å². The maximum Gasteiger partial charge on any atom is 0.240 e. The van der Waals surface area contributed by atoms with Crippen molar-refractivity contribution in [3.63, 3.8) is 0 Å². The van der Waals surface area contributed by atoms with Crippen molar-refractivity contribution in [3.8, 4) is 22.5 Å². The Balaban J connectivity index is 1.71. The predicted molar refractivity (Wildman–Crippen MR) is 108 cm³/mol. The average Bonchev–Trinajstić information content (AvgIpc) is 3.07. The molecule has 1 aliphatic carbocycles. The number of nitrogen functional groups attached to an aromatic ring is 1. The molecular weight excluding hydrogens is 392 g/mol. The van der Waals surface area contributed by atoms with Gasteiger partial charge in [-0.1, -0.05) is 11.2 Å². The smallest absolute Gasteiger partial charge is 0.240 e. The number of rotatable bonds is 5. The topological polar surface area (TPSA) is 131 Å². The minimum absolute atomic E-state index is 0.161. The van der Waals surface area contributed by atoms with E-state index >= 15 is 0 Å². The van der Waals surface area contributed by atoms with Crippen LogP contribution in [0, 0.1) is 13.8 Å². The number of aromatic nitrogens is 2. The number of hydrogen-bond donors (Lipinski definition) is 3. The van der Waals surface area contributed by atoms with Crippen molar-refractivity contribution < 1.29 is 18.0 Å². The van der Waals surface area contributed by atoms with Gasteiger partial charge in [0.25, 0.3) is 0 Å². The van der Waals surface area contributed by atoms with Crippen LogP contribution in [0.3, 0.4) is 0 Å². The number of pyridine rings is 1. The van der Waals surface area contributed by atoms with E-state index in [-0.39, 0.29) is 10.9 Å². The van der Waals surface area contributed by atoms with Crippen molar-refractivity contribution in [2.24, 2.45) is 0 Å². The molecule has 0 unspecified atom stereocenters. The molecule has 1 aromatic carbocycles. The minimum Gasteiger partial charge on any atom is -0.393 e. The summed E-state index contributed by atoms with van der Waals surface area (Å²) in [6.07, 6.45) is 2.03. The first-order valence-corrected chi connectivity index (χ1v) is 10.7. The molecule has 0 aliphatic heterocycles. The van der Waals surface area contributed by atoms with Gasteiger partial charge in [0.15, 0.2) is 5.76 Å². The van der Waals surface area contributed by atoms with Crippen LogP contribution in [0.25, 0.3) is 22.5 Å². The van der Waals surface area contributed by atoms with Crippen LogP contribution in [0.2, 0.25) is 0 Å². The summed E-state index contributed by atoms with van der Waals surface area (Å²) in [6, 6.07) is 8.29. The summed E-state index contributed by atoms with van der Waals surface area (Å²) >= 11 is 0. The molecule has 0 bridgehead atoms. The SMILES string of the molecule is Cc1cc(-c2cc(-c3cc(S(=O)(=O)N[C@H]4C[C@@H](O)C4)ccc3C)cnc2N)on1. The van der Waals surface area contributed by atoms with Crippen molar-refractivity contribution in [2.75, 3.05) is 5.73 Å². The molecule has 0 atom stereocenters. The lowest BCUT2D eigenvalue weighted by Gasteiger charge is -2.31. The highest BCUT2D eigenvalue weighted by Crippen LogP contribution is 2.33. The number of nitrogens with two attached hydrogens (primary N) is 1. The number of nitrogens with zero attached hydrogens (tertiary/aromatic N) is 2. The van der Waals surface area contributed by atoms with Gasteiger partial charge in [-0.25, -0.2) is 18.1 Å². The molecule has 1 fully saturated rings. The lowest BCUT2D eigenvalue weighted by Crippen LogP contribution is -2.46. The summed E-state index contributed by atoms with van der Waals surface area (Å²) < 4.78 is 33.4. The Bertz CT molecular complexity index is 1170. The standard InChI is InChI=1S/C20H22N4O4S/c1-11-3-4-16(29(26,27)24-14-7-15(25)8-14)9-17(11)13-6-18(20(21)22-10-13)19-5-12(2)23-28-19/h3-6,9-10,14-15,24-25H,7-8H2,1-2H3,(H2,21,22)/t14-,15+. The molecule has 0 amide bonds. The molecule has 9 heteroatoms. The first kappa shape index (κ1) is 19.6. The highest BCUT2D eigenvalue weighted by atomic mass is 32.2. The van der Waals surface area contributed by atoms with E-state index in [9.17, 15) is 13.5 Å². The molecule has 2 heterocycles. The fourth-order valence-corrected chi connectivity index (χ4v) is 4.65. The zero-order valence-corrected chi connectivity index (χ0v) is 16.9. The van der Waals surface area contributed by atoms with E-state index in [2.05, 4.69) is 14.9 Å². The molecule has 2 aromatic heterocycles. The summed E-state index contributed by atoms with van der Waals surface area (Å²) in [5.41, 5.74) is 9.67. The van der Waals surface area contributed by atoms with Crippen molar-refractivity contribution >= 4 is 15.8 Å². The molecule has 3 aromatic rings. The van der Waals surface area contributed by atoms with E-state index in [4.69, 9.17) is 10.3 Å².